The highest BCUT2D eigenvalue weighted by Gasteiger charge is 2.34. The van der Waals surface area contributed by atoms with Gasteiger partial charge in [0, 0.05) is 49.9 Å². The van der Waals surface area contributed by atoms with E-state index in [1.807, 2.05) is 34.5 Å². The van der Waals surface area contributed by atoms with Gasteiger partial charge >= 0.3 is 0 Å². The smallest absolute Gasteiger partial charge is 0.230 e. The van der Waals surface area contributed by atoms with Gasteiger partial charge in [-0.1, -0.05) is 18.2 Å². The molecule has 1 saturated heterocycles. The van der Waals surface area contributed by atoms with E-state index in [0.717, 1.165) is 29.5 Å². The molecule has 24 heavy (non-hydrogen) atoms. The first-order valence-corrected chi connectivity index (χ1v) is 8.92. The first kappa shape index (κ1) is 15.1. The van der Waals surface area contributed by atoms with E-state index < -0.39 is 0 Å². The third-order valence-corrected chi connectivity index (χ3v) is 5.41. The molecule has 2 aliphatic rings. The number of para-hydroxylation sites is 1. The number of amides is 2. The number of hydrogen-bond donors (Lipinski definition) is 1. The van der Waals surface area contributed by atoms with Gasteiger partial charge in [-0.15, -0.1) is 11.3 Å². The summed E-state index contributed by atoms with van der Waals surface area (Å²) in [6, 6.07) is 7.58. The minimum absolute atomic E-state index is 0.0519. The number of hydrogen-bond acceptors (Lipinski definition) is 5. The fourth-order valence-corrected chi connectivity index (χ4v) is 4.04. The van der Waals surface area contributed by atoms with Crippen LogP contribution in [0.5, 0.6) is 0 Å². The van der Waals surface area contributed by atoms with Crippen LogP contribution >= 0.6 is 11.3 Å². The van der Waals surface area contributed by atoms with Crippen LogP contribution in [0.25, 0.3) is 0 Å². The molecule has 4 rings (SSSR count). The molecule has 3 heterocycles. The zero-order chi connectivity index (χ0) is 16.5. The van der Waals surface area contributed by atoms with Crippen LogP contribution in [-0.4, -0.2) is 47.9 Å². The van der Waals surface area contributed by atoms with Crippen LogP contribution in [0.15, 0.2) is 35.8 Å². The Balaban J connectivity index is 1.48. The second-order valence-corrected chi connectivity index (χ2v) is 6.89. The van der Waals surface area contributed by atoms with Crippen molar-refractivity contribution in [2.75, 3.05) is 36.4 Å². The SMILES string of the molecule is O=C1C[C@H](C(=O)N2CCN(c3nccs3)CC2)c2ccccc2N1. The topological polar surface area (TPSA) is 65.5 Å². The summed E-state index contributed by atoms with van der Waals surface area (Å²) in [5.41, 5.74) is 1.68. The number of fused-ring (bicyclic) bond motifs is 1. The molecule has 1 aromatic carbocycles. The number of carbonyl (C=O) groups is 2. The van der Waals surface area contributed by atoms with E-state index in [9.17, 15) is 9.59 Å². The number of carbonyl (C=O) groups excluding carboxylic acids is 2. The van der Waals surface area contributed by atoms with Crippen LogP contribution in [0.3, 0.4) is 0 Å². The lowest BCUT2D eigenvalue weighted by Gasteiger charge is -2.37. The lowest BCUT2D eigenvalue weighted by molar-refractivity contribution is -0.135. The van der Waals surface area contributed by atoms with Crippen molar-refractivity contribution in [1.29, 1.82) is 0 Å². The van der Waals surface area contributed by atoms with Gasteiger partial charge in [0.15, 0.2) is 5.13 Å². The molecule has 0 radical (unpaired) electrons. The number of anilines is 2. The fourth-order valence-electron chi connectivity index (χ4n) is 3.34. The van der Waals surface area contributed by atoms with Gasteiger partial charge in [-0.3, -0.25) is 9.59 Å². The van der Waals surface area contributed by atoms with Crippen molar-refractivity contribution < 1.29 is 9.59 Å². The Hall–Kier alpha value is -2.41. The molecule has 1 N–H and O–H groups in total. The third-order valence-electron chi connectivity index (χ3n) is 4.58. The molecule has 1 fully saturated rings. The lowest BCUT2D eigenvalue weighted by Crippen LogP contribution is -2.50. The molecule has 0 saturated carbocycles. The standard InChI is InChI=1S/C17H18N4O2S/c22-15-11-13(12-3-1-2-4-14(12)19-15)16(23)20-6-8-21(9-7-20)17-18-5-10-24-17/h1-5,10,13H,6-9,11H2,(H,19,22)/t13-/m0/s1. The summed E-state index contributed by atoms with van der Waals surface area (Å²) < 4.78 is 0. The molecular weight excluding hydrogens is 324 g/mol. The van der Waals surface area contributed by atoms with E-state index in [1.165, 1.54) is 0 Å². The predicted octanol–water partition coefficient (Wildman–Crippen LogP) is 1.92. The van der Waals surface area contributed by atoms with Crippen LogP contribution in [-0.2, 0) is 9.59 Å². The maximum Gasteiger partial charge on any atom is 0.230 e. The Morgan fingerprint density at radius 3 is 2.75 bits per heavy atom. The largest absolute Gasteiger partial charge is 0.345 e. The molecule has 2 aliphatic heterocycles. The quantitative estimate of drug-likeness (QED) is 0.905. The Morgan fingerprint density at radius 2 is 2.00 bits per heavy atom. The zero-order valence-electron chi connectivity index (χ0n) is 13.1. The minimum atomic E-state index is -0.374. The summed E-state index contributed by atoms with van der Waals surface area (Å²) in [5.74, 6) is -0.411. The van der Waals surface area contributed by atoms with Crippen LogP contribution < -0.4 is 10.2 Å². The minimum Gasteiger partial charge on any atom is -0.345 e. The molecule has 2 aromatic rings. The Morgan fingerprint density at radius 1 is 1.21 bits per heavy atom. The fraction of sp³-hybridized carbons (Fsp3) is 0.353. The highest BCUT2D eigenvalue weighted by Crippen LogP contribution is 2.33. The predicted molar refractivity (Wildman–Crippen MR) is 93.3 cm³/mol. The molecule has 0 spiro atoms. The number of thiazole rings is 1. The average molecular weight is 342 g/mol. The van der Waals surface area contributed by atoms with E-state index in [2.05, 4.69) is 15.2 Å². The van der Waals surface area contributed by atoms with E-state index >= 15 is 0 Å². The average Bonchev–Trinajstić information content (AvgIpc) is 3.15. The zero-order valence-corrected chi connectivity index (χ0v) is 14.0. The van der Waals surface area contributed by atoms with Crippen molar-refractivity contribution in [2.24, 2.45) is 0 Å². The van der Waals surface area contributed by atoms with E-state index in [4.69, 9.17) is 0 Å². The Kier molecular flexibility index (Phi) is 3.93. The van der Waals surface area contributed by atoms with Gasteiger partial charge in [0.25, 0.3) is 0 Å². The molecule has 1 aromatic heterocycles. The van der Waals surface area contributed by atoms with Gasteiger partial charge in [-0.05, 0) is 11.6 Å². The van der Waals surface area contributed by atoms with Crippen molar-refractivity contribution in [1.82, 2.24) is 9.88 Å². The molecule has 0 unspecified atom stereocenters. The lowest BCUT2D eigenvalue weighted by atomic mass is 9.89. The molecule has 2 amide bonds. The van der Waals surface area contributed by atoms with Crippen LogP contribution in [0.1, 0.15) is 17.9 Å². The molecule has 124 valence electrons. The molecular formula is C17H18N4O2S. The Labute approximate surface area is 144 Å². The number of aromatic nitrogens is 1. The monoisotopic (exact) mass is 342 g/mol. The van der Waals surface area contributed by atoms with Crippen molar-refractivity contribution in [3.05, 3.63) is 41.4 Å². The maximum atomic E-state index is 13.0. The van der Waals surface area contributed by atoms with Gasteiger partial charge in [0.05, 0.1) is 5.92 Å². The van der Waals surface area contributed by atoms with Gasteiger partial charge < -0.3 is 15.1 Å². The third kappa shape index (κ3) is 2.75. The van der Waals surface area contributed by atoms with Gasteiger partial charge in [0.1, 0.15) is 0 Å². The summed E-state index contributed by atoms with van der Waals surface area (Å²) in [5, 5.41) is 5.82. The Bertz CT molecular complexity index is 754. The van der Waals surface area contributed by atoms with Crippen molar-refractivity contribution in [2.45, 2.75) is 12.3 Å². The number of rotatable bonds is 2. The summed E-state index contributed by atoms with van der Waals surface area (Å²) in [6.45, 7) is 2.89. The van der Waals surface area contributed by atoms with Crippen LogP contribution in [0, 0.1) is 0 Å². The van der Waals surface area contributed by atoms with Crippen molar-refractivity contribution >= 4 is 34.0 Å². The number of piperazine rings is 1. The number of nitrogens with zero attached hydrogens (tertiary/aromatic N) is 3. The summed E-state index contributed by atoms with van der Waals surface area (Å²) in [6.07, 6.45) is 2.03. The van der Waals surface area contributed by atoms with Crippen LogP contribution in [0.4, 0.5) is 10.8 Å². The van der Waals surface area contributed by atoms with Gasteiger partial charge in [-0.25, -0.2) is 4.98 Å². The first-order chi connectivity index (χ1) is 11.7. The normalized spacial score (nSPS) is 20.5. The summed E-state index contributed by atoms with van der Waals surface area (Å²) in [7, 11) is 0. The summed E-state index contributed by atoms with van der Waals surface area (Å²) in [4.78, 5) is 33.3. The highest BCUT2D eigenvalue weighted by atomic mass is 32.1. The number of nitrogens with one attached hydrogen (secondary N) is 1. The molecule has 0 bridgehead atoms. The molecule has 7 heteroatoms. The van der Waals surface area contributed by atoms with Crippen LogP contribution in [0.2, 0.25) is 0 Å². The highest BCUT2D eigenvalue weighted by molar-refractivity contribution is 7.13. The number of benzene rings is 1. The maximum absolute atomic E-state index is 13.0. The van der Waals surface area contributed by atoms with Crippen molar-refractivity contribution in [3.63, 3.8) is 0 Å². The molecule has 0 aliphatic carbocycles. The first-order valence-electron chi connectivity index (χ1n) is 8.04. The van der Waals surface area contributed by atoms with E-state index in [1.54, 1.807) is 17.5 Å². The van der Waals surface area contributed by atoms with Gasteiger partial charge in [-0.2, -0.15) is 0 Å². The van der Waals surface area contributed by atoms with Crippen molar-refractivity contribution in [3.8, 4) is 0 Å². The van der Waals surface area contributed by atoms with Gasteiger partial charge in [0.2, 0.25) is 11.8 Å². The molecule has 1 atom stereocenters. The molecule has 6 nitrogen and oxygen atoms in total. The van der Waals surface area contributed by atoms with E-state index in [0.29, 0.717) is 13.1 Å². The summed E-state index contributed by atoms with van der Waals surface area (Å²) >= 11 is 1.62. The second-order valence-electron chi connectivity index (χ2n) is 6.02. The second kappa shape index (κ2) is 6.24. The van der Waals surface area contributed by atoms with E-state index in [-0.39, 0.29) is 24.2 Å².